The molecular weight excluding hydrogens is 327 g/mol. The summed E-state index contributed by atoms with van der Waals surface area (Å²) in [6.07, 6.45) is 1.45. The Morgan fingerprint density at radius 2 is 1.72 bits per heavy atom. The number of hydrogen-bond acceptors (Lipinski definition) is 4. The molecule has 2 aromatic carbocycles. The molecule has 6 nitrogen and oxygen atoms in total. The fraction of sp³-hybridized carbons (Fsp3) is 0.0556. The zero-order chi connectivity index (χ0) is 18.0. The lowest BCUT2D eigenvalue weighted by atomic mass is 10.1. The van der Waals surface area contributed by atoms with Crippen molar-refractivity contribution >= 4 is 24.0 Å². The summed E-state index contributed by atoms with van der Waals surface area (Å²) in [7, 11) is 0. The molecule has 3 rings (SSSR count). The van der Waals surface area contributed by atoms with E-state index >= 15 is 0 Å². The van der Waals surface area contributed by atoms with E-state index in [0.717, 1.165) is 4.90 Å². The molecule has 7 heteroatoms. The Morgan fingerprint density at radius 1 is 1.08 bits per heavy atom. The maximum absolute atomic E-state index is 12.9. The van der Waals surface area contributed by atoms with Crippen molar-refractivity contribution < 1.29 is 23.9 Å². The second kappa shape index (κ2) is 6.56. The highest BCUT2D eigenvalue weighted by Gasteiger charge is 2.33. The number of halogens is 1. The number of imide groups is 1. The van der Waals surface area contributed by atoms with Crippen LogP contribution in [0.4, 0.5) is 9.18 Å². The highest BCUT2D eigenvalue weighted by Crippen LogP contribution is 2.17. The molecule has 0 unspecified atom stereocenters. The van der Waals surface area contributed by atoms with Gasteiger partial charge in [-0.25, -0.2) is 9.18 Å². The van der Waals surface area contributed by atoms with Crippen molar-refractivity contribution in [3.63, 3.8) is 0 Å². The van der Waals surface area contributed by atoms with E-state index in [9.17, 15) is 23.9 Å². The largest absolute Gasteiger partial charge is 0.545 e. The molecule has 0 spiro atoms. The van der Waals surface area contributed by atoms with Crippen LogP contribution in [0.1, 0.15) is 21.5 Å². The van der Waals surface area contributed by atoms with E-state index in [2.05, 4.69) is 5.32 Å². The second-order valence-electron chi connectivity index (χ2n) is 5.42. The van der Waals surface area contributed by atoms with Gasteiger partial charge in [0.15, 0.2) is 0 Å². The SMILES string of the molecule is O=C([O-])c1ccc(/C=C2\NC(=O)N(Cc3ccc(F)cc3)C2=O)cc1. The van der Waals surface area contributed by atoms with E-state index in [1.54, 1.807) is 0 Å². The number of nitrogens with zero attached hydrogens (tertiary/aromatic N) is 1. The Labute approximate surface area is 142 Å². The molecule has 3 amide bonds. The average Bonchev–Trinajstić information content (AvgIpc) is 2.85. The van der Waals surface area contributed by atoms with Gasteiger partial charge in [-0.3, -0.25) is 9.69 Å². The molecule has 0 saturated carbocycles. The normalized spacial score (nSPS) is 15.6. The molecule has 0 aromatic heterocycles. The molecule has 126 valence electrons. The van der Waals surface area contributed by atoms with Crippen molar-refractivity contribution in [2.24, 2.45) is 0 Å². The van der Waals surface area contributed by atoms with Gasteiger partial charge >= 0.3 is 6.03 Å². The van der Waals surface area contributed by atoms with E-state index in [0.29, 0.717) is 11.1 Å². The molecular formula is C18H12FN2O4-. The number of carbonyl (C=O) groups excluding carboxylic acids is 3. The Hall–Kier alpha value is -3.48. The third-order valence-corrected chi connectivity index (χ3v) is 3.67. The van der Waals surface area contributed by atoms with Crippen molar-refractivity contribution in [2.45, 2.75) is 6.54 Å². The molecule has 1 N–H and O–H groups in total. The van der Waals surface area contributed by atoms with E-state index in [-0.39, 0.29) is 17.8 Å². The molecule has 0 radical (unpaired) electrons. The summed E-state index contributed by atoms with van der Waals surface area (Å²) in [4.78, 5) is 36.1. The molecule has 1 heterocycles. The first-order valence-corrected chi connectivity index (χ1v) is 7.34. The first-order valence-electron chi connectivity index (χ1n) is 7.34. The molecule has 1 aliphatic rings. The van der Waals surface area contributed by atoms with Gasteiger partial charge in [0.1, 0.15) is 11.5 Å². The van der Waals surface area contributed by atoms with Crippen molar-refractivity contribution in [1.82, 2.24) is 10.2 Å². The van der Waals surface area contributed by atoms with Crippen molar-refractivity contribution in [3.05, 3.63) is 76.7 Å². The first kappa shape index (κ1) is 16.4. The van der Waals surface area contributed by atoms with Gasteiger partial charge in [-0.1, -0.05) is 36.4 Å². The van der Waals surface area contributed by atoms with Crippen LogP contribution in [0.25, 0.3) is 6.08 Å². The summed E-state index contributed by atoms with van der Waals surface area (Å²) in [6, 6.07) is 10.6. The molecule has 0 atom stereocenters. The van der Waals surface area contributed by atoms with Crippen LogP contribution in [0.3, 0.4) is 0 Å². The van der Waals surface area contributed by atoms with Crippen molar-refractivity contribution in [1.29, 1.82) is 0 Å². The van der Waals surface area contributed by atoms with Gasteiger partial charge in [0.25, 0.3) is 5.91 Å². The minimum Gasteiger partial charge on any atom is -0.545 e. The summed E-state index contributed by atoms with van der Waals surface area (Å²) in [5.41, 5.74) is 1.26. The van der Waals surface area contributed by atoms with Crippen LogP contribution >= 0.6 is 0 Å². The van der Waals surface area contributed by atoms with Gasteiger partial charge in [0, 0.05) is 0 Å². The van der Waals surface area contributed by atoms with E-state index in [1.165, 1.54) is 54.6 Å². The molecule has 0 bridgehead atoms. The van der Waals surface area contributed by atoms with Gasteiger partial charge in [-0.15, -0.1) is 0 Å². The van der Waals surface area contributed by atoms with E-state index < -0.39 is 23.7 Å². The third-order valence-electron chi connectivity index (χ3n) is 3.67. The van der Waals surface area contributed by atoms with Gasteiger partial charge < -0.3 is 15.2 Å². The lowest BCUT2D eigenvalue weighted by Crippen LogP contribution is -2.30. The summed E-state index contributed by atoms with van der Waals surface area (Å²) in [5, 5.41) is 13.2. The Bertz CT molecular complexity index is 873. The Balaban J connectivity index is 1.78. The number of rotatable bonds is 4. The van der Waals surface area contributed by atoms with Gasteiger partial charge in [-0.2, -0.15) is 0 Å². The number of amides is 3. The third kappa shape index (κ3) is 3.55. The van der Waals surface area contributed by atoms with Crippen molar-refractivity contribution in [3.8, 4) is 0 Å². The van der Waals surface area contributed by atoms with Crippen LogP contribution < -0.4 is 10.4 Å². The fourth-order valence-corrected chi connectivity index (χ4v) is 2.37. The average molecular weight is 339 g/mol. The lowest BCUT2D eigenvalue weighted by molar-refractivity contribution is -0.255. The van der Waals surface area contributed by atoms with Gasteiger partial charge in [0.05, 0.1) is 12.5 Å². The second-order valence-corrected chi connectivity index (χ2v) is 5.42. The van der Waals surface area contributed by atoms with Gasteiger partial charge in [-0.05, 0) is 34.9 Å². The summed E-state index contributed by atoms with van der Waals surface area (Å²) < 4.78 is 12.9. The lowest BCUT2D eigenvalue weighted by Gasteiger charge is -2.11. The number of benzene rings is 2. The van der Waals surface area contributed by atoms with Crippen LogP contribution in [0.5, 0.6) is 0 Å². The molecule has 2 aromatic rings. The minimum atomic E-state index is -1.30. The summed E-state index contributed by atoms with van der Waals surface area (Å²) in [6.45, 7) is 0.0198. The Morgan fingerprint density at radius 3 is 2.32 bits per heavy atom. The zero-order valence-corrected chi connectivity index (χ0v) is 12.9. The quantitative estimate of drug-likeness (QED) is 0.671. The number of hydrogen-bond donors (Lipinski definition) is 1. The molecule has 0 aliphatic carbocycles. The number of nitrogens with one attached hydrogen (secondary N) is 1. The van der Waals surface area contributed by atoms with Crippen LogP contribution in [0, 0.1) is 5.82 Å². The smallest absolute Gasteiger partial charge is 0.329 e. The van der Waals surface area contributed by atoms with E-state index in [1.807, 2.05) is 0 Å². The number of aromatic carboxylic acids is 1. The van der Waals surface area contributed by atoms with Crippen molar-refractivity contribution in [2.75, 3.05) is 0 Å². The van der Waals surface area contributed by atoms with Crippen LogP contribution in [0.2, 0.25) is 0 Å². The molecule has 1 fully saturated rings. The highest BCUT2D eigenvalue weighted by molar-refractivity contribution is 6.13. The van der Waals surface area contributed by atoms with Crippen LogP contribution in [-0.4, -0.2) is 22.8 Å². The predicted octanol–water partition coefficient (Wildman–Crippen LogP) is 1.28. The van der Waals surface area contributed by atoms with Crippen LogP contribution in [0.15, 0.2) is 54.2 Å². The first-order chi connectivity index (χ1) is 11.9. The molecule has 25 heavy (non-hydrogen) atoms. The minimum absolute atomic E-state index is 0.0156. The standard InChI is InChI=1S/C18H13FN2O4/c19-14-7-3-12(4-8-14)10-21-16(22)15(20-18(21)25)9-11-1-5-13(6-2-11)17(23)24/h1-9H,10H2,(H,20,25)(H,23,24)/p-1/b15-9-. The topological polar surface area (TPSA) is 89.5 Å². The fourth-order valence-electron chi connectivity index (χ4n) is 2.37. The summed E-state index contributed by atoms with van der Waals surface area (Å²) in [5.74, 6) is -2.21. The summed E-state index contributed by atoms with van der Waals surface area (Å²) >= 11 is 0. The van der Waals surface area contributed by atoms with Gasteiger partial charge in [0.2, 0.25) is 0 Å². The number of carboxylic acids is 1. The number of urea groups is 1. The number of carboxylic acid groups (broad SMARTS) is 1. The molecule has 1 saturated heterocycles. The predicted molar refractivity (Wildman–Crippen MR) is 84.2 cm³/mol. The highest BCUT2D eigenvalue weighted by atomic mass is 19.1. The maximum Gasteiger partial charge on any atom is 0.329 e. The molecule has 1 aliphatic heterocycles. The Kier molecular flexibility index (Phi) is 4.30. The monoisotopic (exact) mass is 339 g/mol. The number of carbonyl (C=O) groups is 3. The maximum atomic E-state index is 12.9. The zero-order valence-electron chi connectivity index (χ0n) is 12.9. The van der Waals surface area contributed by atoms with E-state index in [4.69, 9.17) is 0 Å². The van der Waals surface area contributed by atoms with Crippen LogP contribution in [-0.2, 0) is 11.3 Å².